The molecule has 122 valence electrons. The van der Waals surface area contributed by atoms with Gasteiger partial charge in [0.15, 0.2) is 0 Å². The van der Waals surface area contributed by atoms with Crippen LogP contribution in [-0.4, -0.2) is 28.4 Å². The van der Waals surface area contributed by atoms with Crippen LogP contribution in [-0.2, 0) is 0 Å². The van der Waals surface area contributed by atoms with Gasteiger partial charge in [-0.2, -0.15) is 0 Å². The minimum absolute atomic E-state index is 0. The van der Waals surface area contributed by atoms with Gasteiger partial charge in [0.05, 0.1) is 5.76 Å². The van der Waals surface area contributed by atoms with Crippen LogP contribution in [0.25, 0.3) is 0 Å². The Morgan fingerprint density at radius 2 is 1.86 bits per heavy atom. The number of aliphatic hydroxyl groups is 1. The average molecular weight is 317 g/mol. The second-order valence-electron chi connectivity index (χ2n) is 4.07. The van der Waals surface area contributed by atoms with Crippen molar-refractivity contribution in [3.05, 3.63) is 36.1 Å². The Morgan fingerprint density at radius 1 is 1.33 bits per heavy atom. The van der Waals surface area contributed by atoms with Crippen LogP contribution in [0.5, 0.6) is 0 Å². The number of amidine groups is 1. The van der Waals surface area contributed by atoms with Gasteiger partial charge >= 0.3 is 0 Å². The summed E-state index contributed by atoms with van der Waals surface area (Å²) in [6, 6.07) is 8.10. The lowest BCUT2D eigenvalue weighted by atomic mass is 10.3. The quantitative estimate of drug-likeness (QED) is 0.186. The molecule has 0 unspecified atom stereocenters. The molecule has 0 aliphatic heterocycles. The third kappa shape index (κ3) is 16.2. The topological polar surface area (TPSA) is 145 Å². The summed E-state index contributed by atoms with van der Waals surface area (Å²) in [5.41, 5.74) is 6.02. The number of anilines is 1. The molecule has 0 amide bonds. The van der Waals surface area contributed by atoms with Gasteiger partial charge in [0.25, 0.3) is 0 Å². The Hall–Kier alpha value is -1.70. The summed E-state index contributed by atoms with van der Waals surface area (Å²) in [5.74, 6) is -0.0625. The number of unbranched alkanes of at least 4 members (excludes halogenated alkanes) is 1. The maximum atomic E-state index is 8.36. The Labute approximate surface area is 131 Å². The van der Waals surface area contributed by atoms with E-state index in [2.05, 4.69) is 37.0 Å². The van der Waals surface area contributed by atoms with Crippen LogP contribution < -0.4 is 11.1 Å². The Kier molecular flexibility index (Phi) is 17.0. The van der Waals surface area contributed by atoms with E-state index in [0.717, 1.165) is 11.4 Å². The molecular formula is C14H27N3O3S. The number of nitrogens with two attached hydrogens (primary N) is 1. The molecule has 9 N–H and O–H groups in total. The van der Waals surface area contributed by atoms with Gasteiger partial charge in [-0.05, 0) is 37.6 Å². The van der Waals surface area contributed by atoms with Crippen LogP contribution in [0, 0.1) is 5.41 Å². The zero-order valence-electron chi connectivity index (χ0n) is 12.5. The number of thiol groups is 1. The van der Waals surface area contributed by atoms with Gasteiger partial charge in [-0.1, -0.05) is 13.3 Å². The summed E-state index contributed by atoms with van der Waals surface area (Å²) in [7, 11) is 0. The van der Waals surface area contributed by atoms with E-state index in [1.807, 2.05) is 12.1 Å². The minimum atomic E-state index is -0.125. The summed E-state index contributed by atoms with van der Waals surface area (Å²) in [6.45, 7) is 4.71. The van der Waals surface area contributed by atoms with Crippen molar-refractivity contribution in [2.45, 2.75) is 31.6 Å². The van der Waals surface area contributed by atoms with Crippen molar-refractivity contribution in [3.63, 3.8) is 0 Å². The van der Waals surface area contributed by atoms with Crippen molar-refractivity contribution in [1.82, 2.24) is 0 Å². The number of nitrogens with one attached hydrogen (secondary N) is 2. The van der Waals surface area contributed by atoms with Crippen molar-refractivity contribution >= 4 is 24.2 Å². The Bertz CT molecular complexity index is 404. The van der Waals surface area contributed by atoms with Crippen LogP contribution in [0.15, 0.2) is 41.0 Å². The zero-order chi connectivity index (χ0) is 14.7. The van der Waals surface area contributed by atoms with Crippen molar-refractivity contribution in [2.75, 3.05) is 11.9 Å². The van der Waals surface area contributed by atoms with Gasteiger partial charge in [0.2, 0.25) is 0 Å². The smallest absolute Gasteiger partial charge is 0.118 e. The molecule has 0 aromatic heterocycles. The molecule has 1 aromatic rings. The van der Waals surface area contributed by atoms with Crippen LogP contribution in [0.4, 0.5) is 5.69 Å². The molecule has 0 aliphatic rings. The molecule has 6 nitrogen and oxygen atoms in total. The third-order valence-electron chi connectivity index (χ3n) is 2.09. The molecule has 0 heterocycles. The first kappa shape index (κ1) is 24.3. The summed E-state index contributed by atoms with van der Waals surface area (Å²) < 4.78 is 0. The van der Waals surface area contributed by atoms with Gasteiger partial charge in [-0.3, -0.25) is 5.41 Å². The highest BCUT2D eigenvalue weighted by atomic mass is 32.1. The molecule has 0 spiro atoms. The molecule has 0 radical (unpaired) electrons. The fourth-order valence-corrected chi connectivity index (χ4v) is 1.36. The number of aliphatic hydroxyl groups excluding tert-OH is 1. The van der Waals surface area contributed by atoms with Crippen molar-refractivity contribution < 1.29 is 16.1 Å². The highest BCUT2D eigenvalue weighted by Gasteiger charge is 1.89. The lowest BCUT2D eigenvalue weighted by Gasteiger charge is -2.04. The van der Waals surface area contributed by atoms with Gasteiger partial charge in [0, 0.05) is 23.2 Å². The molecule has 7 heteroatoms. The monoisotopic (exact) mass is 317 g/mol. The summed E-state index contributed by atoms with van der Waals surface area (Å²) in [6.07, 6.45) is 3.63. The SMILES string of the molecule is C/C(O)=C/C(=N)N.CCCCNc1ccc(S)cc1.O.O. The Balaban J connectivity index is -0.000000317. The molecule has 0 saturated carbocycles. The minimum Gasteiger partial charge on any atom is -0.512 e. The van der Waals surface area contributed by atoms with E-state index in [9.17, 15) is 0 Å². The van der Waals surface area contributed by atoms with Gasteiger partial charge in [-0.15, -0.1) is 12.6 Å². The lowest BCUT2D eigenvalue weighted by Crippen LogP contribution is -2.05. The predicted octanol–water partition coefficient (Wildman–Crippen LogP) is 1.92. The third-order valence-corrected chi connectivity index (χ3v) is 2.39. The second kappa shape index (κ2) is 14.7. The highest BCUT2D eigenvalue weighted by molar-refractivity contribution is 7.80. The summed E-state index contributed by atoms with van der Waals surface area (Å²) in [5, 5.41) is 18.3. The number of hydrogen-bond acceptors (Lipinski definition) is 4. The zero-order valence-corrected chi connectivity index (χ0v) is 13.4. The molecule has 0 aliphatic carbocycles. The van der Waals surface area contributed by atoms with E-state index < -0.39 is 0 Å². The molecule has 1 aromatic carbocycles. The first-order chi connectivity index (χ1) is 8.95. The summed E-state index contributed by atoms with van der Waals surface area (Å²) in [4.78, 5) is 1.01. The molecule has 0 bridgehead atoms. The first-order valence-corrected chi connectivity index (χ1v) is 6.64. The average Bonchev–Trinajstić information content (AvgIpc) is 2.31. The van der Waals surface area contributed by atoms with Crippen molar-refractivity contribution in [3.8, 4) is 0 Å². The largest absolute Gasteiger partial charge is 0.512 e. The molecule has 1 rings (SSSR count). The van der Waals surface area contributed by atoms with Crippen LogP contribution in [0.3, 0.4) is 0 Å². The van der Waals surface area contributed by atoms with Crippen LogP contribution in [0.2, 0.25) is 0 Å². The van der Waals surface area contributed by atoms with Crippen LogP contribution >= 0.6 is 12.6 Å². The first-order valence-electron chi connectivity index (χ1n) is 6.20. The fourth-order valence-electron chi connectivity index (χ4n) is 1.21. The van der Waals surface area contributed by atoms with Crippen molar-refractivity contribution in [2.24, 2.45) is 5.73 Å². The fraction of sp³-hybridized carbons (Fsp3) is 0.357. The van der Waals surface area contributed by atoms with Crippen molar-refractivity contribution in [1.29, 1.82) is 5.41 Å². The van der Waals surface area contributed by atoms with Gasteiger partial charge in [-0.25, -0.2) is 0 Å². The van der Waals surface area contributed by atoms with E-state index in [-0.39, 0.29) is 22.5 Å². The number of hydrogen-bond donors (Lipinski definition) is 5. The van der Waals surface area contributed by atoms with E-state index >= 15 is 0 Å². The molecule has 0 fully saturated rings. The summed E-state index contributed by atoms with van der Waals surface area (Å²) >= 11 is 4.21. The lowest BCUT2D eigenvalue weighted by molar-refractivity contribution is 0.415. The molecule has 0 saturated heterocycles. The Morgan fingerprint density at radius 3 is 2.19 bits per heavy atom. The second-order valence-corrected chi connectivity index (χ2v) is 4.58. The van der Waals surface area contributed by atoms with E-state index in [4.69, 9.17) is 16.2 Å². The van der Waals surface area contributed by atoms with Gasteiger partial charge in [0.1, 0.15) is 5.84 Å². The molecular weight excluding hydrogens is 290 g/mol. The number of benzene rings is 1. The van der Waals surface area contributed by atoms with E-state index in [1.54, 1.807) is 0 Å². The molecule has 0 atom stereocenters. The van der Waals surface area contributed by atoms with Crippen LogP contribution in [0.1, 0.15) is 26.7 Å². The molecule has 21 heavy (non-hydrogen) atoms. The van der Waals surface area contributed by atoms with E-state index in [0.29, 0.717) is 0 Å². The standard InChI is InChI=1S/C10H15NS.C4H8N2O.2H2O/c1-2-3-8-11-9-4-6-10(12)7-5-9;1-3(7)2-4(5)6;;/h4-7,11-12H,2-3,8H2,1H3;2,7H,1H3,(H3,5,6);2*1H2/b;3-2-;;. The predicted molar refractivity (Wildman–Crippen MR) is 92.6 cm³/mol. The maximum absolute atomic E-state index is 8.36. The normalized spacial score (nSPS) is 9.38. The van der Waals surface area contributed by atoms with Gasteiger partial charge < -0.3 is 27.1 Å². The number of rotatable bonds is 5. The van der Waals surface area contributed by atoms with E-state index in [1.165, 1.54) is 31.5 Å². The number of allylic oxidation sites excluding steroid dienone is 1. The maximum Gasteiger partial charge on any atom is 0.118 e. The highest BCUT2D eigenvalue weighted by Crippen LogP contribution is 2.11.